The van der Waals surface area contributed by atoms with Gasteiger partial charge in [0.15, 0.2) is 0 Å². The largest absolute Gasteiger partial charge is 0.367 e. The molecule has 0 aromatic carbocycles. The molecule has 0 radical (unpaired) electrons. The number of hydrogen-bond acceptors (Lipinski definition) is 2. The standard InChI is InChI=1S/C11H15FN2/c1-8(9-3-2-4-9)14-11-6-5-10(12)7-13-11/h5-9H,2-4H2,1H3,(H,13,14). The van der Waals surface area contributed by atoms with Crippen LogP contribution in [0.1, 0.15) is 26.2 Å². The molecule has 0 amide bonds. The number of anilines is 1. The highest BCUT2D eigenvalue weighted by Crippen LogP contribution is 2.30. The first-order valence-electron chi connectivity index (χ1n) is 5.14. The van der Waals surface area contributed by atoms with Crippen molar-refractivity contribution in [1.29, 1.82) is 0 Å². The number of pyridine rings is 1. The molecule has 0 saturated heterocycles. The van der Waals surface area contributed by atoms with Gasteiger partial charge in [0.05, 0.1) is 6.20 Å². The highest BCUT2D eigenvalue weighted by atomic mass is 19.1. The van der Waals surface area contributed by atoms with E-state index in [4.69, 9.17) is 0 Å². The molecule has 2 nitrogen and oxygen atoms in total. The third kappa shape index (κ3) is 2.03. The lowest BCUT2D eigenvalue weighted by Gasteiger charge is -2.32. The molecule has 1 aliphatic rings. The summed E-state index contributed by atoms with van der Waals surface area (Å²) >= 11 is 0. The monoisotopic (exact) mass is 194 g/mol. The Morgan fingerprint density at radius 1 is 1.50 bits per heavy atom. The van der Waals surface area contributed by atoms with Crippen molar-refractivity contribution in [3.8, 4) is 0 Å². The van der Waals surface area contributed by atoms with Crippen molar-refractivity contribution in [2.45, 2.75) is 32.2 Å². The third-order valence-electron chi connectivity index (χ3n) is 2.96. The second-order valence-electron chi connectivity index (χ2n) is 3.99. The van der Waals surface area contributed by atoms with Gasteiger partial charge in [-0.2, -0.15) is 0 Å². The number of hydrogen-bond donors (Lipinski definition) is 1. The van der Waals surface area contributed by atoms with Crippen LogP contribution in [0.5, 0.6) is 0 Å². The third-order valence-corrected chi connectivity index (χ3v) is 2.96. The van der Waals surface area contributed by atoms with Crippen molar-refractivity contribution in [1.82, 2.24) is 4.98 Å². The van der Waals surface area contributed by atoms with Crippen LogP contribution < -0.4 is 5.32 Å². The minimum atomic E-state index is -0.285. The fourth-order valence-electron chi connectivity index (χ4n) is 1.75. The second kappa shape index (κ2) is 3.95. The smallest absolute Gasteiger partial charge is 0.141 e. The molecule has 1 N–H and O–H groups in total. The molecule has 2 rings (SSSR count). The van der Waals surface area contributed by atoms with Crippen molar-refractivity contribution in [2.24, 2.45) is 5.92 Å². The average Bonchev–Trinajstić information content (AvgIpc) is 2.06. The Morgan fingerprint density at radius 3 is 2.79 bits per heavy atom. The molecule has 1 atom stereocenters. The number of rotatable bonds is 3. The number of nitrogens with zero attached hydrogens (tertiary/aromatic N) is 1. The topological polar surface area (TPSA) is 24.9 Å². The van der Waals surface area contributed by atoms with Gasteiger partial charge in [0.2, 0.25) is 0 Å². The molecule has 0 aliphatic heterocycles. The van der Waals surface area contributed by atoms with Crippen molar-refractivity contribution in [3.05, 3.63) is 24.1 Å². The first kappa shape index (κ1) is 9.44. The van der Waals surface area contributed by atoms with Crippen LogP contribution in [0.25, 0.3) is 0 Å². The van der Waals surface area contributed by atoms with E-state index in [1.54, 1.807) is 6.07 Å². The van der Waals surface area contributed by atoms with Gasteiger partial charge in [-0.15, -0.1) is 0 Å². The van der Waals surface area contributed by atoms with Gasteiger partial charge in [-0.25, -0.2) is 9.37 Å². The lowest BCUT2D eigenvalue weighted by Crippen LogP contribution is -2.31. The van der Waals surface area contributed by atoms with Gasteiger partial charge < -0.3 is 5.32 Å². The summed E-state index contributed by atoms with van der Waals surface area (Å²) in [5.74, 6) is 1.25. The molecule has 3 heteroatoms. The van der Waals surface area contributed by atoms with Crippen LogP contribution in [0.15, 0.2) is 18.3 Å². The Kier molecular flexibility index (Phi) is 2.66. The van der Waals surface area contributed by atoms with Crippen LogP contribution in [0, 0.1) is 11.7 Å². The molecule has 76 valence electrons. The van der Waals surface area contributed by atoms with Gasteiger partial charge in [0.1, 0.15) is 11.6 Å². The van der Waals surface area contributed by atoms with Gasteiger partial charge in [0, 0.05) is 6.04 Å². The molecule has 14 heavy (non-hydrogen) atoms. The Balaban J connectivity index is 1.92. The van der Waals surface area contributed by atoms with E-state index in [1.165, 1.54) is 31.5 Å². The predicted octanol–water partition coefficient (Wildman–Crippen LogP) is 2.82. The average molecular weight is 194 g/mol. The number of nitrogens with one attached hydrogen (secondary N) is 1. The maximum Gasteiger partial charge on any atom is 0.141 e. The Labute approximate surface area is 83.6 Å². The number of halogens is 1. The zero-order chi connectivity index (χ0) is 9.97. The molecule has 1 aromatic heterocycles. The maximum absolute atomic E-state index is 12.6. The highest BCUT2D eigenvalue weighted by Gasteiger charge is 2.23. The normalized spacial score (nSPS) is 18.7. The summed E-state index contributed by atoms with van der Waals surface area (Å²) in [7, 11) is 0. The van der Waals surface area contributed by atoms with E-state index in [2.05, 4.69) is 17.2 Å². The zero-order valence-corrected chi connectivity index (χ0v) is 8.33. The van der Waals surface area contributed by atoms with Crippen molar-refractivity contribution in [2.75, 3.05) is 5.32 Å². The fraction of sp³-hybridized carbons (Fsp3) is 0.545. The van der Waals surface area contributed by atoms with Crippen LogP contribution in [0.3, 0.4) is 0 Å². The molecule has 1 aromatic rings. The Morgan fingerprint density at radius 2 is 2.29 bits per heavy atom. The number of aromatic nitrogens is 1. The summed E-state index contributed by atoms with van der Waals surface area (Å²) in [4.78, 5) is 3.97. The first-order chi connectivity index (χ1) is 6.75. The molecular weight excluding hydrogens is 179 g/mol. The van der Waals surface area contributed by atoms with Crippen LogP contribution in [-0.2, 0) is 0 Å². The molecular formula is C11H15FN2. The zero-order valence-electron chi connectivity index (χ0n) is 8.33. The minimum Gasteiger partial charge on any atom is -0.367 e. The molecule has 1 fully saturated rings. The highest BCUT2D eigenvalue weighted by molar-refractivity contribution is 5.34. The van der Waals surface area contributed by atoms with Crippen LogP contribution >= 0.6 is 0 Å². The summed E-state index contributed by atoms with van der Waals surface area (Å²) in [5.41, 5.74) is 0. The van der Waals surface area contributed by atoms with Crippen LogP contribution in [0.2, 0.25) is 0 Å². The molecule has 1 aliphatic carbocycles. The Hall–Kier alpha value is -1.12. The Bertz CT molecular complexity index is 293. The van der Waals surface area contributed by atoms with Gasteiger partial charge >= 0.3 is 0 Å². The lowest BCUT2D eigenvalue weighted by molar-refractivity contribution is 0.285. The van der Waals surface area contributed by atoms with Crippen LogP contribution in [-0.4, -0.2) is 11.0 Å². The summed E-state index contributed by atoms with van der Waals surface area (Å²) in [5, 5.41) is 3.29. The van der Waals surface area contributed by atoms with Crippen molar-refractivity contribution < 1.29 is 4.39 Å². The van der Waals surface area contributed by atoms with Crippen molar-refractivity contribution in [3.63, 3.8) is 0 Å². The predicted molar refractivity (Wildman–Crippen MR) is 54.6 cm³/mol. The van der Waals surface area contributed by atoms with E-state index in [9.17, 15) is 4.39 Å². The molecule has 1 saturated carbocycles. The second-order valence-corrected chi connectivity index (χ2v) is 3.99. The molecule has 0 spiro atoms. The summed E-state index contributed by atoms with van der Waals surface area (Å²) in [6.45, 7) is 2.16. The van der Waals surface area contributed by atoms with E-state index in [0.29, 0.717) is 6.04 Å². The van der Waals surface area contributed by atoms with Crippen LogP contribution in [0.4, 0.5) is 10.2 Å². The van der Waals surface area contributed by atoms with Crippen molar-refractivity contribution >= 4 is 5.82 Å². The SMILES string of the molecule is CC(Nc1ccc(F)cn1)C1CCC1. The van der Waals surface area contributed by atoms with E-state index in [0.717, 1.165) is 11.7 Å². The van der Waals surface area contributed by atoms with Gasteiger partial charge in [-0.1, -0.05) is 6.42 Å². The minimum absolute atomic E-state index is 0.285. The summed E-state index contributed by atoms with van der Waals surface area (Å²) in [6.07, 6.45) is 5.19. The summed E-state index contributed by atoms with van der Waals surface area (Å²) in [6, 6.07) is 3.56. The van der Waals surface area contributed by atoms with Gasteiger partial charge in [0.25, 0.3) is 0 Å². The molecule has 1 unspecified atom stereocenters. The quantitative estimate of drug-likeness (QED) is 0.800. The van der Waals surface area contributed by atoms with Gasteiger partial charge in [-0.05, 0) is 37.8 Å². The molecule has 0 bridgehead atoms. The summed E-state index contributed by atoms with van der Waals surface area (Å²) < 4.78 is 12.6. The van der Waals surface area contributed by atoms with Gasteiger partial charge in [-0.3, -0.25) is 0 Å². The first-order valence-corrected chi connectivity index (χ1v) is 5.14. The van der Waals surface area contributed by atoms with E-state index in [1.807, 2.05) is 0 Å². The molecule has 1 heterocycles. The van der Waals surface area contributed by atoms with E-state index >= 15 is 0 Å². The van der Waals surface area contributed by atoms with E-state index in [-0.39, 0.29) is 5.82 Å². The lowest BCUT2D eigenvalue weighted by atomic mass is 9.80. The van der Waals surface area contributed by atoms with E-state index < -0.39 is 0 Å². The maximum atomic E-state index is 12.6. The fourth-order valence-corrected chi connectivity index (χ4v) is 1.75.